The molecule has 1 aromatic heterocycles. The minimum absolute atomic E-state index is 0.184. The normalized spacial score (nSPS) is 22.0. The van der Waals surface area contributed by atoms with E-state index in [4.69, 9.17) is 37.9 Å². The molecule has 0 aromatic carbocycles. The number of esters is 6. The van der Waals surface area contributed by atoms with Crippen LogP contribution in [0.25, 0.3) is 0 Å². The van der Waals surface area contributed by atoms with E-state index < -0.39 is 66.6 Å². The van der Waals surface area contributed by atoms with Crippen molar-refractivity contribution in [1.29, 1.82) is 0 Å². The minimum atomic E-state index is -1.66. The fourth-order valence-electron chi connectivity index (χ4n) is 3.61. The van der Waals surface area contributed by atoms with Crippen molar-refractivity contribution in [2.75, 3.05) is 26.6 Å². The molecule has 2 heterocycles. The van der Waals surface area contributed by atoms with Gasteiger partial charge in [-0.15, -0.1) is 0 Å². The fourth-order valence-corrected chi connectivity index (χ4v) is 3.61. The molecule has 0 radical (unpaired) electrons. The molecule has 0 unspecified atom stereocenters. The van der Waals surface area contributed by atoms with Crippen LogP contribution in [0.3, 0.4) is 0 Å². The molecule has 1 saturated heterocycles. The molecule has 0 aliphatic carbocycles. The lowest BCUT2D eigenvalue weighted by molar-refractivity contribution is -0.291. The van der Waals surface area contributed by atoms with E-state index in [2.05, 4.69) is 10.3 Å². The summed E-state index contributed by atoms with van der Waals surface area (Å²) in [5, 5.41) is 2.72. The van der Waals surface area contributed by atoms with Gasteiger partial charge in [0, 0.05) is 27.7 Å². The van der Waals surface area contributed by atoms with Crippen LogP contribution < -0.4 is 10.1 Å². The van der Waals surface area contributed by atoms with Crippen LogP contribution in [0.5, 0.6) is 5.88 Å². The molecule has 1 aliphatic rings. The second-order valence-corrected chi connectivity index (χ2v) is 7.82. The first-order valence-corrected chi connectivity index (χ1v) is 11.2. The third-order valence-electron chi connectivity index (χ3n) is 4.95. The molecule has 1 aromatic rings. The first kappa shape index (κ1) is 30.8. The molecule has 1 aliphatic heterocycles. The van der Waals surface area contributed by atoms with Gasteiger partial charge in [-0.1, -0.05) is 0 Å². The van der Waals surface area contributed by atoms with E-state index in [-0.39, 0.29) is 22.8 Å². The molecule has 5 atom stereocenters. The van der Waals surface area contributed by atoms with E-state index in [1.165, 1.54) is 7.11 Å². The average molecular weight is 556 g/mol. The quantitative estimate of drug-likeness (QED) is 0.317. The van der Waals surface area contributed by atoms with Gasteiger partial charge in [0.05, 0.1) is 26.9 Å². The summed E-state index contributed by atoms with van der Waals surface area (Å²) in [4.78, 5) is 76.4. The summed E-state index contributed by atoms with van der Waals surface area (Å²) in [6.07, 6.45) is -7.76. The van der Waals surface area contributed by atoms with Crippen molar-refractivity contribution in [2.24, 2.45) is 0 Å². The number of carbonyl (C=O) groups is 6. The molecule has 0 amide bonds. The molecule has 0 spiro atoms. The second kappa shape index (κ2) is 13.4. The molecule has 39 heavy (non-hydrogen) atoms. The van der Waals surface area contributed by atoms with Gasteiger partial charge in [0.1, 0.15) is 11.4 Å². The summed E-state index contributed by atoms with van der Waals surface area (Å²) in [5.41, 5.74) is -0.659. The molecule has 16 nitrogen and oxygen atoms in total. The first-order valence-electron chi connectivity index (χ1n) is 11.2. The zero-order valence-corrected chi connectivity index (χ0v) is 22.1. The van der Waals surface area contributed by atoms with Crippen molar-refractivity contribution < 1.29 is 66.7 Å². The number of rotatable bonds is 9. The summed E-state index contributed by atoms with van der Waals surface area (Å²) in [5.74, 6) is -5.84. The monoisotopic (exact) mass is 556 g/mol. The number of nitrogens with zero attached hydrogens (tertiary/aromatic N) is 1. The SMILES string of the molecule is COC(=O)c1cc(N[C@@H]2O[C@H](OC(C)=O)[C@@H](OC(C)=O)[C@H](OC(C)=O)[C@H]2OC(C)=O)nc(OC)c1C(=O)OC. The zero-order valence-electron chi connectivity index (χ0n) is 22.1. The Balaban J connectivity index is 2.67. The van der Waals surface area contributed by atoms with Gasteiger partial charge in [-0.2, -0.15) is 4.98 Å². The number of hydrogen-bond acceptors (Lipinski definition) is 16. The number of pyridine rings is 1. The standard InChI is InChI=1S/C23H28N2O14/c1-9(26)35-16-17(36-10(2)27)20(39-23(38-12(4)29)18(16)37-11(3)28)25-14-8-13(21(30)33-6)15(22(31)34-7)19(24-14)32-5/h8,16-18,20,23H,1-7H3,(H,24,25)/t16-,17-,18+,20-,23+/m1/s1. The number of carbonyl (C=O) groups excluding carboxylic acids is 6. The number of aromatic nitrogens is 1. The molecule has 1 N–H and O–H groups in total. The maximum Gasteiger partial charge on any atom is 0.344 e. The number of methoxy groups -OCH3 is 3. The van der Waals surface area contributed by atoms with Crippen LogP contribution in [-0.2, 0) is 52.3 Å². The lowest BCUT2D eigenvalue weighted by Gasteiger charge is -2.43. The minimum Gasteiger partial charge on any atom is -0.480 e. The lowest BCUT2D eigenvalue weighted by Crippen LogP contribution is -2.63. The molecular formula is C23H28N2O14. The molecular weight excluding hydrogens is 528 g/mol. The number of ether oxygens (including phenoxy) is 8. The summed E-state index contributed by atoms with van der Waals surface area (Å²) in [6, 6.07) is 1.09. The summed E-state index contributed by atoms with van der Waals surface area (Å²) in [7, 11) is 3.33. The van der Waals surface area contributed by atoms with Gasteiger partial charge in [-0.25, -0.2) is 9.59 Å². The van der Waals surface area contributed by atoms with Crippen molar-refractivity contribution in [3.63, 3.8) is 0 Å². The molecule has 1 fully saturated rings. The molecule has 0 saturated carbocycles. The second-order valence-electron chi connectivity index (χ2n) is 7.82. The van der Waals surface area contributed by atoms with Crippen LogP contribution in [0.4, 0.5) is 5.82 Å². The average Bonchev–Trinajstić information content (AvgIpc) is 2.85. The summed E-state index contributed by atoms with van der Waals surface area (Å²) >= 11 is 0. The van der Waals surface area contributed by atoms with E-state index in [0.717, 1.165) is 48.0 Å². The van der Waals surface area contributed by atoms with Crippen molar-refractivity contribution in [3.05, 3.63) is 17.2 Å². The third-order valence-corrected chi connectivity index (χ3v) is 4.95. The van der Waals surface area contributed by atoms with Gasteiger partial charge in [0.25, 0.3) is 0 Å². The van der Waals surface area contributed by atoms with Crippen molar-refractivity contribution in [2.45, 2.75) is 58.5 Å². The molecule has 214 valence electrons. The highest BCUT2D eigenvalue weighted by Gasteiger charge is 2.53. The third kappa shape index (κ3) is 7.76. The highest BCUT2D eigenvalue weighted by molar-refractivity contribution is 6.05. The zero-order chi connectivity index (χ0) is 29.4. The van der Waals surface area contributed by atoms with Gasteiger partial charge in [-0.3, -0.25) is 19.2 Å². The van der Waals surface area contributed by atoms with E-state index in [1.54, 1.807) is 0 Å². The first-order chi connectivity index (χ1) is 18.3. The lowest BCUT2D eigenvalue weighted by atomic mass is 10.0. The van der Waals surface area contributed by atoms with E-state index >= 15 is 0 Å². The van der Waals surface area contributed by atoms with E-state index in [1.807, 2.05) is 0 Å². The Bertz CT molecular complexity index is 1140. The molecule has 0 bridgehead atoms. The van der Waals surface area contributed by atoms with Crippen molar-refractivity contribution >= 4 is 41.6 Å². The number of anilines is 1. The number of nitrogens with one attached hydrogen (secondary N) is 1. The van der Waals surface area contributed by atoms with Crippen LogP contribution in [-0.4, -0.2) is 93.0 Å². The molecule has 2 rings (SSSR count). The Hall–Kier alpha value is -4.47. The van der Waals surface area contributed by atoms with Gasteiger partial charge in [-0.05, 0) is 6.07 Å². The van der Waals surface area contributed by atoms with Crippen LogP contribution in [0.2, 0.25) is 0 Å². The van der Waals surface area contributed by atoms with Gasteiger partial charge in [0.15, 0.2) is 18.4 Å². The maximum absolute atomic E-state index is 12.5. The van der Waals surface area contributed by atoms with Gasteiger partial charge in [0.2, 0.25) is 18.3 Å². The van der Waals surface area contributed by atoms with Crippen LogP contribution >= 0.6 is 0 Å². The Kier molecular flexibility index (Phi) is 10.5. The Labute approximate surface area is 222 Å². The van der Waals surface area contributed by atoms with Crippen LogP contribution in [0.15, 0.2) is 6.07 Å². The van der Waals surface area contributed by atoms with Crippen molar-refractivity contribution in [1.82, 2.24) is 4.98 Å². The smallest absolute Gasteiger partial charge is 0.344 e. The van der Waals surface area contributed by atoms with Gasteiger partial charge < -0.3 is 43.2 Å². The maximum atomic E-state index is 12.5. The van der Waals surface area contributed by atoms with E-state index in [9.17, 15) is 28.8 Å². The predicted octanol–water partition coefficient (Wildman–Crippen LogP) is 0.116. The summed E-state index contributed by atoms with van der Waals surface area (Å²) in [6.45, 7) is 4.21. The van der Waals surface area contributed by atoms with Crippen LogP contribution in [0.1, 0.15) is 48.4 Å². The highest BCUT2D eigenvalue weighted by atomic mass is 16.7. The topological polar surface area (TPSA) is 201 Å². The predicted molar refractivity (Wildman–Crippen MR) is 124 cm³/mol. The van der Waals surface area contributed by atoms with Gasteiger partial charge >= 0.3 is 35.8 Å². The number of hydrogen-bond donors (Lipinski definition) is 1. The fraction of sp³-hybridized carbons (Fsp3) is 0.522. The largest absolute Gasteiger partial charge is 0.480 e. The Morgan fingerprint density at radius 2 is 1.26 bits per heavy atom. The summed E-state index contributed by atoms with van der Waals surface area (Å²) < 4.78 is 41.3. The Morgan fingerprint density at radius 3 is 1.74 bits per heavy atom. The van der Waals surface area contributed by atoms with Crippen LogP contribution in [0, 0.1) is 0 Å². The highest BCUT2D eigenvalue weighted by Crippen LogP contribution is 2.32. The molecule has 16 heteroatoms. The Morgan fingerprint density at radius 1 is 0.744 bits per heavy atom. The van der Waals surface area contributed by atoms with E-state index in [0.29, 0.717) is 0 Å². The van der Waals surface area contributed by atoms with Crippen molar-refractivity contribution in [3.8, 4) is 5.88 Å².